The molecule has 2 fully saturated rings. The van der Waals surface area contributed by atoms with E-state index in [2.05, 4.69) is 58.6 Å². The zero-order valence-electron chi connectivity index (χ0n) is 19.0. The van der Waals surface area contributed by atoms with E-state index >= 15 is 0 Å². The highest BCUT2D eigenvalue weighted by Crippen LogP contribution is 2.23. The molecule has 168 valence electrons. The second-order valence-corrected chi connectivity index (χ2v) is 8.97. The lowest BCUT2D eigenvalue weighted by Gasteiger charge is -2.35. The van der Waals surface area contributed by atoms with Gasteiger partial charge in [0, 0.05) is 53.0 Å². The molecule has 6 nitrogen and oxygen atoms in total. The van der Waals surface area contributed by atoms with Gasteiger partial charge in [-0.3, -0.25) is 9.89 Å². The van der Waals surface area contributed by atoms with E-state index in [-0.39, 0.29) is 6.10 Å². The molecular formula is C24H40N4O2. The van der Waals surface area contributed by atoms with Crippen LogP contribution >= 0.6 is 0 Å². The van der Waals surface area contributed by atoms with E-state index in [1.807, 2.05) is 7.05 Å². The molecule has 1 aromatic rings. The SMILES string of the molecule is CN=C(NCCCOC1CCOC1)NCc1ccccc1CN1CC(C)CC(C)C1. The Labute approximate surface area is 182 Å². The first kappa shape index (κ1) is 23.0. The fourth-order valence-corrected chi connectivity index (χ4v) is 4.62. The molecule has 1 aromatic carbocycles. The Balaban J connectivity index is 1.41. The number of nitrogens with zero attached hydrogens (tertiary/aromatic N) is 2. The molecule has 3 unspecified atom stereocenters. The Hall–Kier alpha value is -1.63. The van der Waals surface area contributed by atoms with Crippen molar-refractivity contribution in [3.05, 3.63) is 35.4 Å². The van der Waals surface area contributed by atoms with Crippen molar-refractivity contribution in [3.63, 3.8) is 0 Å². The minimum atomic E-state index is 0.282. The van der Waals surface area contributed by atoms with E-state index in [4.69, 9.17) is 9.47 Å². The minimum absolute atomic E-state index is 0.282. The number of piperidine rings is 1. The lowest BCUT2D eigenvalue weighted by molar-refractivity contribution is 0.0420. The van der Waals surface area contributed by atoms with Gasteiger partial charge in [-0.15, -0.1) is 0 Å². The number of nitrogens with one attached hydrogen (secondary N) is 2. The Morgan fingerprint density at radius 1 is 1.17 bits per heavy atom. The molecule has 0 aromatic heterocycles. The van der Waals surface area contributed by atoms with Gasteiger partial charge in [0.25, 0.3) is 0 Å². The Bertz CT molecular complexity index is 650. The summed E-state index contributed by atoms with van der Waals surface area (Å²) in [6, 6.07) is 8.77. The maximum atomic E-state index is 5.82. The molecule has 2 aliphatic heterocycles. The third kappa shape index (κ3) is 7.56. The summed E-state index contributed by atoms with van der Waals surface area (Å²) in [5.41, 5.74) is 2.75. The molecule has 0 aliphatic carbocycles. The Morgan fingerprint density at radius 2 is 1.93 bits per heavy atom. The van der Waals surface area contributed by atoms with Crippen molar-refractivity contribution in [2.45, 2.75) is 52.3 Å². The molecule has 30 heavy (non-hydrogen) atoms. The smallest absolute Gasteiger partial charge is 0.191 e. The van der Waals surface area contributed by atoms with Crippen LogP contribution in [0.25, 0.3) is 0 Å². The van der Waals surface area contributed by atoms with Crippen LogP contribution in [0.3, 0.4) is 0 Å². The average molecular weight is 417 g/mol. The lowest BCUT2D eigenvalue weighted by atomic mass is 9.91. The normalized spacial score (nSPS) is 25.4. The van der Waals surface area contributed by atoms with Crippen LogP contribution in [0.5, 0.6) is 0 Å². The summed E-state index contributed by atoms with van der Waals surface area (Å²) in [6.07, 6.45) is 3.61. The van der Waals surface area contributed by atoms with E-state index in [1.54, 1.807) is 0 Å². The van der Waals surface area contributed by atoms with Crippen molar-refractivity contribution in [1.82, 2.24) is 15.5 Å². The van der Waals surface area contributed by atoms with E-state index in [9.17, 15) is 0 Å². The molecule has 0 radical (unpaired) electrons. The van der Waals surface area contributed by atoms with Gasteiger partial charge in [0.2, 0.25) is 0 Å². The molecule has 3 atom stereocenters. The van der Waals surface area contributed by atoms with Gasteiger partial charge in [0.05, 0.1) is 12.7 Å². The first-order valence-corrected chi connectivity index (χ1v) is 11.6. The Kier molecular flexibility index (Phi) is 9.43. The number of benzene rings is 1. The molecule has 2 N–H and O–H groups in total. The van der Waals surface area contributed by atoms with Crippen LogP contribution in [-0.2, 0) is 22.6 Å². The fraction of sp³-hybridized carbons (Fsp3) is 0.708. The van der Waals surface area contributed by atoms with Crippen molar-refractivity contribution in [2.75, 3.05) is 46.5 Å². The predicted molar refractivity (Wildman–Crippen MR) is 123 cm³/mol. The summed E-state index contributed by atoms with van der Waals surface area (Å²) in [5, 5.41) is 6.87. The summed E-state index contributed by atoms with van der Waals surface area (Å²) in [4.78, 5) is 6.98. The van der Waals surface area contributed by atoms with Crippen LogP contribution in [0.1, 0.15) is 44.2 Å². The molecular weight excluding hydrogens is 376 g/mol. The van der Waals surface area contributed by atoms with Crippen molar-refractivity contribution in [1.29, 1.82) is 0 Å². The summed E-state index contributed by atoms with van der Waals surface area (Å²) >= 11 is 0. The van der Waals surface area contributed by atoms with Crippen LogP contribution in [-0.4, -0.2) is 63.5 Å². The fourth-order valence-electron chi connectivity index (χ4n) is 4.62. The van der Waals surface area contributed by atoms with Gasteiger partial charge in [-0.25, -0.2) is 0 Å². The van der Waals surface area contributed by atoms with E-state index < -0.39 is 0 Å². The number of aliphatic imine (C=N–C) groups is 1. The Morgan fingerprint density at radius 3 is 2.63 bits per heavy atom. The number of guanidine groups is 1. The zero-order valence-corrected chi connectivity index (χ0v) is 19.0. The van der Waals surface area contributed by atoms with Crippen molar-refractivity contribution in [2.24, 2.45) is 16.8 Å². The summed E-state index contributed by atoms with van der Waals surface area (Å²) in [7, 11) is 1.82. The van der Waals surface area contributed by atoms with Crippen LogP contribution in [0, 0.1) is 11.8 Å². The first-order valence-electron chi connectivity index (χ1n) is 11.6. The molecule has 6 heteroatoms. The van der Waals surface area contributed by atoms with Gasteiger partial charge in [0.15, 0.2) is 5.96 Å². The third-order valence-corrected chi connectivity index (χ3v) is 5.98. The number of rotatable bonds is 9. The lowest BCUT2D eigenvalue weighted by Crippen LogP contribution is -2.39. The van der Waals surface area contributed by atoms with Gasteiger partial charge < -0.3 is 20.1 Å². The number of ether oxygens (including phenoxy) is 2. The highest BCUT2D eigenvalue weighted by molar-refractivity contribution is 5.79. The van der Waals surface area contributed by atoms with Crippen LogP contribution in [0.4, 0.5) is 0 Å². The second-order valence-electron chi connectivity index (χ2n) is 8.97. The van der Waals surface area contributed by atoms with Crippen LogP contribution in [0.2, 0.25) is 0 Å². The molecule has 0 amide bonds. The highest BCUT2D eigenvalue weighted by atomic mass is 16.5. The molecule has 3 rings (SSSR count). The van der Waals surface area contributed by atoms with Crippen molar-refractivity contribution >= 4 is 5.96 Å². The number of likely N-dealkylation sites (tertiary alicyclic amines) is 1. The van der Waals surface area contributed by atoms with Crippen molar-refractivity contribution < 1.29 is 9.47 Å². The van der Waals surface area contributed by atoms with E-state index in [0.717, 1.165) is 70.1 Å². The maximum absolute atomic E-state index is 5.82. The largest absolute Gasteiger partial charge is 0.379 e. The molecule has 2 aliphatic rings. The quantitative estimate of drug-likeness (QED) is 0.368. The standard InChI is InChI=1S/C24H40N4O2/c1-19-13-20(2)16-28(15-19)17-22-8-5-4-7-21(22)14-27-24(25-3)26-10-6-11-30-23-9-12-29-18-23/h4-5,7-8,19-20,23H,6,9-18H2,1-3H3,(H2,25,26,27). The van der Waals surface area contributed by atoms with Gasteiger partial charge in [-0.05, 0) is 42.2 Å². The van der Waals surface area contributed by atoms with E-state index in [0.29, 0.717) is 0 Å². The summed E-state index contributed by atoms with van der Waals surface area (Å²) < 4.78 is 11.2. The predicted octanol–water partition coefficient (Wildman–Crippen LogP) is 3.03. The topological polar surface area (TPSA) is 58.1 Å². The summed E-state index contributed by atoms with van der Waals surface area (Å²) in [5.74, 6) is 2.41. The third-order valence-electron chi connectivity index (χ3n) is 5.98. The van der Waals surface area contributed by atoms with Gasteiger partial charge in [-0.2, -0.15) is 0 Å². The number of hydrogen-bond acceptors (Lipinski definition) is 4. The maximum Gasteiger partial charge on any atom is 0.191 e. The monoisotopic (exact) mass is 416 g/mol. The van der Waals surface area contributed by atoms with Gasteiger partial charge in [0.1, 0.15) is 0 Å². The van der Waals surface area contributed by atoms with Crippen molar-refractivity contribution in [3.8, 4) is 0 Å². The molecule has 0 bridgehead atoms. The minimum Gasteiger partial charge on any atom is -0.379 e. The zero-order chi connectivity index (χ0) is 21.2. The molecule has 2 heterocycles. The van der Waals surface area contributed by atoms with Crippen LogP contribution < -0.4 is 10.6 Å². The van der Waals surface area contributed by atoms with E-state index in [1.165, 1.54) is 30.6 Å². The van der Waals surface area contributed by atoms with Gasteiger partial charge >= 0.3 is 0 Å². The van der Waals surface area contributed by atoms with Gasteiger partial charge in [-0.1, -0.05) is 38.1 Å². The average Bonchev–Trinajstić information content (AvgIpc) is 3.24. The molecule has 0 saturated carbocycles. The molecule has 0 spiro atoms. The first-order chi connectivity index (χ1) is 14.6. The number of hydrogen-bond donors (Lipinski definition) is 2. The summed E-state index contributed by atoms with van der Waals surface area (Å²) in [6.45, 7) is 12.1. The highest BCUT2D eigenvalue weighted by Gasteiger charge is 2.22. The van der Waals surface area contributed by atoms with Crippen LogP contribution in [0.15, 0.2) is 29.3 Å². The molecule has 2 saturated heterocycles. The second kappa shape index (κ2) is 12.3.